The van der Waals surface area contributed by atoms with E-state index in [-0.39, 0.29) is 0 Å². The van der Waals surface area contributed by atoms with Crippen LogP contribution < -0.4 is 4.90 Å². The van der Waals surface area contributed by atoms with Gasteiger partial charge in [-0.25, -0.2) is 4.98 Å². The quantitative estimate of drug-likeness (QED) is 0.835. The molecule has 0 aliphatic carbocycles. The number of hydrogen-bond donors (Lipinski definition) is 0. The summed E-state index contributed by atoms with van der Waals surface area (Å²) in [5.41, 5.74) is 0. The van der Waals surface area contributed by atoms with Gasteiger partial charge in [-0.05, 0) is 55.0 Å². The second-order valence-electron chi connectivity index (χ2n) is 4.60. The molecular formula is C12H17BrClN3. The SMILES string of the molecule is CN1CCC(N(C)c2ncc(Br)cc2Cl)CC1. The highest BCUT2D eigenvalue weighted by Crippen LogP contribution is 2.28. The van der Waals surface area contributed by atoms with Crippen LogP contribution in [0.1, 0.15) is 12.8 Å². The maximum absolute atomic E-state index is 6.23. The Kier molecular flexibility index (Phi) is 4.28. The zero-order valence-corrected chi connectivity index (χ0v) is 12.5. The van der Waals surface area contributed by atoms with Gasteiger partial charge >= 0.3 is 0 Å². The van der Waals surface area contributed by atoms with Crippen molar-refractivity contribution in [2.75, 3.05) is 32.1 Å². The van der Waals surface area contributed by atoms with Crippen LogP contribution in [0.5, 0.6) is 0 Å². The molecule has 1 aromatic rings. The second kappa shape index (κ2) is 5.55. The Morgan fingerprint density at radius 1 is 1.47 bits per heavy atom. The molecule has 0 atom stereocenters. The van der Waals surface area contributed by atoms with E-state index in [2.05, 4.69) is 44.8 Å². The Bertz CT molecular complexity index is 391. The molecule has 0 bridgehead atoms. The van der Waals surface area contributed by atoms with Crippen LogP contribution in [0.2, 0.25) is 5.02 Å². The molecule has 17 heavy (non-hydrogen) atoms. The summed E-state index contributed by atoms with van der Waals surface area (Å²) in [5, 5.41) is 0.709. The van der Waals surface area contributed by atoms with Gasteiger partial charge in [-0.15, -0.1) is 0 Å². The first kappa shape index (κ1) is 13.1. The van der Waals surface area contributed by atoms with Crippen molar-refractivity contribution in [2.24, 2.45) is 0 Å². The van der Waals surface area contributed by atoms with Crippen molar-refractivity contribution in [3.05, 3.63) is 21.8 Å². The topological polar surface area (TPSA) is 19.4 Å². The molecule has 0 radical (unpaired) electrons. The molecule has 0 amide bonds. The van der Waals surface area contributed by atoms with Gasteiger partial charge in [0.1, 0.15) is 5.82 Å². The van der Waals surface area contributed by atoms with Crippen molar-refractivity contribution in [3.8, 4) is 0 Å². The molecule has 3 nitrogen and oxygen atoms in total. The first-order valence-corrected chi connectivity index (χ1v) is 6.97. The molecule has 1 aromatic heterocycles. The number of hydrogen-bond acceptors (Lipinski definition) is 3. The summed E-state index contributed by atoms with van der Waals surface area (Å²) in [6.07, 6.45) is 4.13. The number of piperidine rings is 1. The zero-order chi connectivity index (χ0) is 12.4. The number of likely N-dealkylation sites (tertiary alicyclic amines) is 1. The van der Waals surface area contributed by atoms with Crippen LogP contribution in [-0.4, -0.2) is 43.1 Å². The smallest absolute Gasteiger partial charge is 0.147 e. The van der Waals surface area contributed by atoms with E-state index in [1.54, 1.807) is 6.20 Å². The summed E-state index contributed by atoms with van der Waals surface area (Å²) in [4.78, 5) is 8.98. The monoisotopic (exact) mass is 317 g/mol. The first-order chi connectivity index (χ1) is 8.08. The molecule has 1 saturated heterocycles. The van der Waals surface area contributed by atoms with Gasteiger partial charge in [0.15, 0.2) is 0 Å². The fourth-order valence-electron chi connectivity index (χ4n) is 2.22. The molecule has 0 spiro atoms. The van der Waals surface area contributed by atoms with Crippen molar-refractivity contribution in [1.29, 1.82) is 0 Å². The van der Waals surface area contributed by atoms with Crippen LogP contribution in [0.25, 0.3) is 0 Å². The molecule has 5 heteroatoms. The lowest BCUT2D eigenvalue weighted by molar-refractivity contribution is 0.252. The van der Waals surface area contributed by atoms with Gasteiger partial charge in [-0.2, -0.15) is 0 Å². The van der Waals surface area contributed by atoms with Gasteiger partial charge in [0, 0.05) is 23.8 Å². The fourth-order valence-corrected chi connectivity index (χ4v) is 2.98. The van der Waals surface area contributed by atoms with E-state index in [1.165, 1.54) is 12.8 Å². The van der Waals surface area contributed by atoms with Gasteiger partial charge in [0.2, 0.25) is 0 Å². The molecule has 0 N–H and O–H groups in total. The van der Waals surface area contributed by atoms with Crippen molar-refractivity contribution < 1.29 is 0 Å². The molecule has 94 valence electrons. The zero-order valence-electron chi connectivity index (χ0n) is 10.2. The third-order valence-electron chi connectivity index (χ3n) is 3.36. The van der Waals surface area contributed by atoms with Crippen LogP contribution in [0.4, 0.5) is 5.82 Å². The number of rotatable bonds is 2. The number of anilines is 1. The lowest BCUT2D eigenvalue weighted by Gasteiger charge is -2.36. The number of halogens is 2. The lowest BCUT2D eigenvalue weighted by Crippen LogP contribution is -2.42. The Morgan fingerprint density at radius 2 is 2.12 bits per heavy atom. The Hall–Kier alpha value is -0.320. The molecule has 1 fully saturated rings. The minimum atomic E-state index is 0.539. The summed E-state index contributed by atoms with van der Waals surface area (Å²) in [7, 11) is 4.25. The number of aromatic nitrogens is 1. The molecule has 0 aromatic carbocycles. The molecule has 1 aliphatic rings. The maximum Gasteiger partial charge on any atom is 0.147 e. The Balaban J connectivity index is 2.11. The van der Waals surface area contributed by atoms with E-state index in [4.69, 9.17) is 11.6 Å². The normalized spacial score (nSPS) is 18.4. The highest BCUT2D eigenvalue weighted by atomic mass is 79.9. The van der Waals surface area contributed by atoms with Crippen molar-refractivity contribution in [3.63, 3.8) is 0 Å². The van der Waals surface area contributed by atoms with Gasteiger partial charge in [-0.1, -0.05) is 11.6 Å². The van der Waals surface area contributed by atoms with E-state index in [0.717, 1.165) is 23.4 Å². The van der Waals surface area contributed by atoms with Gasteiger partial charge in [-0.3, -0.25) is 0 Å². The third kappa shape index (κ3) is 3.12. The van der Waals surface area contributed by atoms with Crippen molar-refractivity contribution in [2.45, 2.75) is 18.9 Å². The third-order valence-corrected chi connectivity index (χ3v) is 4.07. The lowest BCUT2D eigenvalue weighted by atomic mass is 10.0. The van der Waals surface area contributed by atoms with E-state index >= 15 is 0 Å². The van der Waals surface area contributed by atoms with Gasteiger partial charge in [0.25, 0.3) is 0 Å². The minimum absolute atomic E-state index is 0.539. The Morgan fingerprint density at radius 3 is 2.71 bits per heavy atom. The molecular weight excluding hydrogens is 302 g/mol. The summed E-state index contributed by atoms with van der Waals surface area (Å²) < 4.78 is 0.919. The average molecular weight is 319 g/mol. The minimum Gasteiger partial charge on any atom is -0.355 e. The molecule has 2 heterocycles. The predicted molar refractivity (Wildman–Crippen MR) is 75.9 cm³/mol. The van der Waals surface area contributed by atoms with Crippen LogP contribution in [0.3, 0.4) is 0 Å². The Labute approximate surface area is 116 Å². The standard InChI is InChI=1S/C12H17BrClN3/c1-16-5-3-10(4-6-16)17(2)12-11(14)7-9(13)8-15-12/h7-8,10H,3-6H2,1-2H3. The summed E-state index contributed by atoms with van der Waals surface area (Å²) >= 11 is 9.60. The van der Waals surface area contributed by atoms with Crippen molar-refractivity contribution >= 4 is 33.3 Å². The van der Waals surface area contributed by atoms with E-state index < -0.39 is 0 Å². The van der Waals surface area contributed by atoms with Crippen LogP contribution in [-0.2, 0) is 0 Å². The highest BCUT2D eigenvalue weighted by Gasteiger charge is 2.22. The largest absolute Gasteiger partial charge is 0.355 e. The number of nitrogens with zero attached hydrogens (tertiary/aromatic N) is 3. The number of pyridine rings is 1. The van der Waals surface area contributed by atoms with Crippen LogP contribution in [0, 0.1) is 0 Å². The molecule has 0 saturated carbocycles. The molecule has 1 aliphatic heterocycles. The molecule has 0 unspecified atom stereocenters. The van der Waals surface area contributed by atoms with E-state index in [9.17, 15) is 0 Å². The first-order valence-electron chi connectivity index (χ1n) is 5.80. The van der Waals surface area contributed by atoms with Crippen LogP contribution in [0.15, 0.2) is 16.7 Å². The van der Waals surface area contributed by atoms with Gasteiger partial charge in [0.05, 0.1) is 5.02 Å². The summed E-state index contributed by atoms with van der Waals surface area (Å²) in [6.45, 7) is 2.28. The van der Waals surface area contributed by atoms with Crippen molar-refractivity contribution in [1.82, 2.24) is 9.88 Å². The summed E-state index contributed by atoms with van der Waals surface area (Å²) in [5.74, 6) is 0.879. The van der Waals surface area contributed by atoms with E-state index in [0.29, 0.717) is 11.1 Å². The predicted octanol–water partition coefficient (Wildman–Crippen LogP) is 3.03. The summed E-state index contributed by atoms with van der Waals surface area (Å²) in [6, 6.07) is 2.44. The molecule has 2 rings (SSSR count). The van der Waals surface area contributed by atoms with Crippen LogP contribution >= 0.6 is 27.5 Å². The van der Waals surface area contributed by atoms with Gasteiger partial charge < -0.3 is 9.80 Å². The maximum atomic E-state index is 6.23. The average Bonchev–Trinajstić information content (AvgIpc) is 2.29. The van der Waals surface area contributed by atoms with E-state index in [1.807, 2.05) is 6.07 Å². The highest BCUT2D eigenvalue weighted by molar-refractivity contribution is 9.10. The second-order valence-corrected chi connectivity index (χ2v) is 5.93. The fraction of sp³-hybridized carbons (Fsp3) is 0.583.